The van der Waals surface area contributed by atoms with Crippen LogP contribution in [-0.2, 0) is 21.4 Å². The van der Waals surface area contributed by atoms with E-state index >= 15 is 0 Å². The average molecular weight is 448 g/mol. The molecule has 2 aromatic heterocycles. The largest absolute Gasteiger partial charge is 0.419 e. The van der Waals surface area contributed by atoms with Crippen molar-refractivity contribution in [3.8, 4) is 0 Å². The molecule has 1 aromatic carbocycles. The fourth-order valence-electron chi connectivity index (χ4n) is 3.45. The molecule has 3 aromatic rings. The van der Waals surface area contributed by atoms with Crippen LogP contribution in [0.2, 0.25) is 0 Å². The van der Waals surface area contributed by atoms with Gasteiger partial charge in [-0.1, -0.05) is 6.07 Å². The summed E-state index contributed by atoms with van der Waals surface area (Å²) >= 11 is 1.54. The number of hydrogen-bond donors (Lipinski definition) is 0. The van der Waals surface area contributed by atoms with Crippen LogP contribution < -0.4 is 5.76 Å². The maximum atomic E-state index is 13.0. The second kappa shape index (κ2) is 8.21. The minimum Gasteiger partial charge on any atom is -0.408 e. The van der Waals surface area contributed by atoms with Crippen molar-refractivity contribution in [2.75, 3.05) is 26.2 Å². The van der Waals surface area contributed by atoms with Crippen molar-refractivity contribution in [1.82, 2.24) is 13.8 Å². The van der Waals surface area contributed by atoms with Gasteiger partial charge in [0, 0.05) is 49.7 Å². The Kier molecular flexibility index (Phi) is 5.63. The van der Waals surface area contributed by atoms with Gasteiger partial charge in [0.2, 0.25) is 15.9 Å². The molecule has 0 N–H and O–H groups in total. The number of aromatic nitrogens is 1. The Morgan fingerprint density at radius 2 is 1.97 bits per heavy atom. The molecule has 0 saturated carbocycles. The summed E-state index contributed by atoms with van der Waals surface area (Å²) in [6.45, 7) is 3.30. The maximum Gasteiger partial charge on any atom is 0.419 e. The van der Waals surface area contributed by atoms with Crippen molar-refractivity contribution in [3.63, 3.8) is 0 Å². The molecule has 0 spiro atoms. The molecule has 3 heterocycles. The van der Waals surface area contributed by atoms with Gasteiger partial charge in [0.25, 0.3) is 0 Å². The number of fused-ring (bicyclic) bond motifs is 1. The zero-order valence-corrected chi connectivity index (χ0v) is 18.0. The van der Waals surface area contributed by atoms with Crippen LogP contribution in [0.3, 0.4) is 0 Å². The van der Waals surface area contributed by atoms with Gasteiger partial charge in [0.1, 0.15) is 0 Å². The van der Waals surface area contributed by atoms with E-state index in [1.807, 2.05) is 24.4 Å². The molecule has 1 aliphatic rings. The predicted octanol–water partition coefficient (Wildman–Crippen LogP) is 2.22. The highest BCUT2D eigenvalue weighted by atomic mass is 32.2. The maximum absolute atomic E-state index is 13.0. The number of thiophene rings is 1. The standard InChI is InChI=1S/C20H21N3O5S2/c1-2-23-17-7-6-16(14-18(17)28-20(23)25)30(26,27)22-11-9-21(10-12-22)19(24)8-5-15-4-3-13-29-15/h3-8,13-14H,2,9-12H2,1H3. The molecule has 1 aliphatic heterocycles. The van der Waals surface area contributed by atoms with Crippen molar-refractivity contribution in [1.29, 1.82) is 0 Å². The summed E-state index contributed by atoms with van der Waals surface area (Å²) in [5.74, 6) is -0.644. The summed E-state index contributed by atoms with van der Waals surface area (Å²) in [5.41, 5.74) is 0.810. The Labute approximate surface area is 177 Å². The quantitative estimate of drug-likeness (QED) is 0.559. The average Bonchev–Trinajstić information content (AvgIpc) is 3.38. The van der Waals surface area contributed by atoms with E-state index in [1.165, 1.54) is 27.1 Å². The van der Waals surface area contributed by atoms with E-state index in [1.54, 1.807) is 28.4 Å². The molecule has 10 heteroatoms. The number of nitrogens with zero attached hydrogens (tertiary/aromatic N) is 3. The fraction of sp³-hybridized carbons (Fsp3) is 0.300. The number of carbonyl (C=O) groups is 1. The molecule has 4 rings (SSSR count). The zero-order valence-electron chi connectivity index (χ0n) is 16.4. The van der Waals surface area contributed by atoms with Gasteiger partial charge in [0.05, 0.1) is 10.4 Å². The lowest BCUT2D eigenvalue weighted by molar-refractivity contribution is -0.127. The number of carbonyl (C=O) groups excluding carboxylic acids is 1. The molecule has 0 unspecified atom stereocenters. The molecule has 30 heavy (non-hydrogen) atoms. The van der Waals surface area contributed by atoms with E-state index in [0.717, 1.165) is 4.88 Å². The van der Waals surface area contributed by atoms with Gasteiger partial charge in [-0.05, 0) is 36.6 Å². The summed E-state index contributed by atoms with van der Waals surface area (Å²) in [7, 11) is -3.75. The van der Waals surface area contributed by atoms with Crippen molar-refractivity contribution < 1.29 is 17.6 Å². The van der Waals surface area contributed by atoms with E-state index in [4.69, 9.17) is 4.42 Å². The Morgan fingerprint density at radius 3 is 2.63 bits per heavy atom. The zero-order chi connectivity index (χ0) is 21.3. The highest BCUT2D eigenvalue weighted by molar-refractivity contribution is 7.89. The second-order valence-corrected chi connectivity index (χ2v) is 9.74. The first-order valence-corrected chi connectivity index (χ1v) is 11.9. The van der Waals surface area contributed by atoms with Crippen molar-refractivity contribution in [2.24, 2.45) is 0 Å². The lowest BCUT2D eigenvalue weighted by atomic mass is 10.3. The number of sulfonamides is 1. The number of amides is 1. The number of rotatable bonds is 5. The van der Waals surface area contributed by atoms with Crippen LogP contribution in [0, 0.1) is 0 Å². The first-order chi connectivity index (χ1) is 14.4. The predicted molar refractivity (Wildman–Crippen MR) is 115 cm³/mol. The third kappa shape index (κ3) is 3.85. The lowest BCUT2D eigenvalue weighted by Crippen LogP contribution is -2.50. The van der Waals surface area contributed by atoms with Gasteiger partial charge >= 0.3 is 5.76 Å². The first kappa shape index (κ1) is 20.6. The lowest BCUT2D eigenvalue weighted by Gasteiger charge is -2.33. The molecule has 0 radical (unpaired) electrons. The third-order valence-corrected chi connectivity index (χ3v) is 7.81. The van der Waals surface area contributed by atoms with Gasteiger partial charge < -0.3 is 9.32 Å². The summed E-state index contributed by atoms with van der Waals surface area (Å²) in [5, 5.41) is 1.94. The molecule has 0 aliphatic carbocycles. The van der Waals surface area contributed by atoms with Crippen LogP contribution in [0.4, 0.5) is 0 Å². The summed E-state index contributed by atoms with van der Waals surface area (Å²) in [4.78, 5) is 26.9. The Morgan fingerprint density at radius 1 is 1.20 bits per heavy atom. The van der Waals surface area contributed by atoms with E-state index in [9.17, 15) is 18.0 Å². The van der Waals surface area contributed by atoms with Crippen LogP contribution in [0.25, 0.3) is 17.2 Å². The number of benzene rings is 1. The SMILES string of the molecule is CCn1c(=O)oc2cc(S(=O)(=O)N3CCN(C(=O)C=Cc4cccs4)CC3)ccc21. The third-order valence-electron chi connectivity index (χ3n) is 5.08. The first-order valence-electron chi connectivity index (χ1n) is 9.54. The molecular weight excluding hydrogens is 426 g/mol. The Bertz CT molecular complexity index is 1250. The van der Waals surface area contributed by atoms with Crippen LogP contribution in [0.1, 0.15) is 11.8 Å². The van der Waals surface area contributed by atoms with E-state index in [-0.39, 0.29) is 29.5 Å². The van der Waals surface area contributed by atoms with Gasteiger partial charge in [-0.3, -0.25) is 9.36 Å². The van der Waals surface area contributed by atoms with Crippen LogP contribution >= 0.6 is 11.3 Å². The summed E-state index contributed by atoms with van der Waals surface area (Å²) in [6.07, 6.45) is 3.28. The van der Waals surface area contributed by atoms with E-state index in [2.05, 4.69) is 0 Å². The van der Waals surface area contributed by atoms with Crippen LogP contribution in [-0.4, -0.2) is 54.3 Å². The number of oxazole rings is 1. The highest BCUT2D eigenvalue weighted by Gasteiger charge is 2.30. The van der Waals surface area contributed by atoms with Crippen LogP contribution in [0.15, 0.2) is 55.9 Å². The summed E-state index contributed by atoms with van der Waals surface area (Å²) < 4.78 is 34.1. The molecule has 0 atom stereocenters. The fourth-order valence-corrected chi connectivity index (χ4v) is 5.51. The molecule has 1 fully saturated rings. The number of hydrogen-bond acceptors (Lipinski definition) is 6. The van der Waals surface area contributed by atoms with Crippen molar-refractivity contribution >= 4 is 44.4 Å². The molecule has 1 saturated heterocycles. The number of aryl methyl sites for hydroxylation is 1. The minimum absolute atomic E-state index is 0.0735. The minimum atomic E-state index is -3.75. The molecule has 158 valence electrons. The monoisotopic (exact) mass is 447 g/mol. The highest BCUT2D eigenvalue weighted by Crippen LogP contribution is 2.23. The topological polar surface area (TPSA) is 92.8 Å². The van der Waals surface area contributed by atoms with Gasteiger partial charge in [-0.25, -0.2) is 13.2 Å². The Hall–Kier alpha value is -2.69. The van der Waals surface area contributed by atoms with Crippen molar-refractivity contribution in [3.05, 3.63) is 57.2 Å². The summed E-state index contributed by atoms with van der Waals surface area (Å²) in [6, 6.07) is 8.30. The van der Waals surface area contributed by atoms with Crippen molar-refractivity contribution in [2.45, 2.75) is 18.4 Å². The normalized spacial score (nSPS) is 16.0. The van der Waals surface area contributed by atoms with Gasteiger partial charge in [0.15, 0.2) is 5.58 Å². The van der Waals surface area contributed by atoms with Gasteiger partial charge in [-0.15, -0.1) is 11.3 Å². The second-order valence-electron chi connectivity index (χ2n) is 6.82. The van der Waals surface area contributed by atoms with E-state index < -0.39 is 15.8 Å². The van der Waals surface area contributed by atoms with Crippen LogP contribution in [0.5, 0.6) is 0 Å². The molecular formula is C20H21N3O5S2. The van der Waals surface area contributed by atoms with Gasteiger partial charge in [-0.2, -0.15) is 4.31 Å². The van der Waals surface area contributed by atoms with E-state index in [0.29, 0.717) is 25.2 Å². The smallest absolute Gasteiger partial charge is 0.408 e. The number of piperazine rings is 1. The molecule has 1 amide bonds. The molecule has 0 bridgehead atoms. The Balaban J connectivity index is 1.46. The molecule has 8 nitrogen and oxygen atoms in total.